The van der Waals surface area contributed by atoms with Crippen molar-refractivity contribution >= 4 is 45.4 Å². The first kappa shape index (κ1) is 15.8. The molecule has 0 aliphatic heterocycles. The van der Waals surface area contributed by atoms with Gasteiger partial charge in [-0.3, -0.25) is 14.3 Å². The number of halogens is 2. The second-order valence-electron chi connectivity index (χ2n) is 4.20. The summed E-state index contributed by atoms with van der Waals surface area (Å²) in [6.07, 6.45) is 0. The number of non-ortho nitro benzene ring substituents is 1. The van der Waals surface area contributed by atoms with Crippen LogP contribution < -0.4 is 5.73 Å². The van der Waals surface area contributed by atoms with Crippen molar-refractivity contribution in [3.63, 3.8) is 0 Å². The van der Waals surface area contributed by atoms with Gasteiger partial charge in [0.1, 0.15) is 0 Å². The van der Waals surface area contributed by atoms with Crippen molar-refractivity contribution in [1.82, 2.24) is 0 Å². The number of anilines is 1. The topological polar surface area (TPSA) is 86.2 Å². The molecule has 2 aromatic carbocycles. The van der Waals surface area contributed by atoms with Crippen molar-refractivity contribution < 1.29 is 9.13 Å². The molecule has 0 aliphatic carbocycles. The number of nitro benzene ring substituents is 1. The van der Waals surface area contributed by atoms with Crippen molar-refractivity contribution in [2.24, 2.45) is 0 Å². The van der Waals surface area contributed by atoms with E-state index in [1.54, 1.807) is 12.1 Å². The summed E-state index contributed by atoms with van der Waals surface area (Å²) in [6, 6.07) is 8.76. The zero-order valence-electron chi connectivity index (χ0n) is 10.6. The molecule has 2 rings (SSSR count). The molecule has 0 bridgehead atoms. The largest absolute Gasteiger partial charge is 0.398 e. The van der Waals surface area contributed by atoms with E-state index in [2.05, 4.69) is 0 Å². The predicted octanol–water partition coefficient (Wildman–Crippen LogP) is 3.79. The van der Waals surface area contributed by atoms with Gasteiger partial charge < -0.3 is 5.73 Å². The minimum absolute atomic E-state index is 0.111. The third-order valence-corrected chi connectivity index (χ3v) is 4.77. The van der Waals surface area contributed by atoms with Crippen molar-refractivity contribution in [2.45, 2.75) is 10.6 Å². The third kappa shape index (κ3) is 3.72. The molecule has 1 unspecified atom stereocenters. The summed E-state index contributed by atoms with van der Waals surface area (Å²) >= 11 is 11.8. The summed E-state index contributed by atoms with van der Waals surface area (Å²) < 4.78 is 12.3. The second-order valence-corrected chi connectivity index (χ2v) is 6.47. The molecular weight excluding hydrogens is 335 g/mol. The van der Waals surface area contributed by atoms with Gasteiger partial charge in [0.15, 0.2) is 0 Å². The molecule has 0 saturated carbocycles. The van der Waals surface area contributed by atoms with Gasteiger partial charge in [-0.25, -0.2) is 0 Å². The van der Waals surface area contributed by atoms with Crippen LogP contribution in [0.5, 0.6) is 0 Å². The van der Waals surface area contributed by atoms with E-state index in [0.717, 1.165) is 0 Å². The fourth-order valence-electron chi connectivity index (χ4n) is 1.71. The number of nitrogens with zero attached hydrogens (tertiary/aromatic N) is 1. The normalized spacial score (nSPS) is 12.1. The van der Waals surface area contributed by atoms with E-state index in [1.807, 2.05) is 0 Å². The molecule has 0 amide bonds. The zero-order chi connectivity index (χ0) is 15.6. The van der Waals surface area contributed by atoms with Crippen molar-refractivity contribution in [3.05, 3.63) is 62.1 Å². The molecule has 0 aliphatic rings. The predicted molar refractivity (Wildman–Crippen MR) is 84.1 cm³/mol. The molecule has 110 valence electrons. The van der Waals surface area contributed by atoms with Gasteiger partial charge in [-0.15, -0.1) is 0 Å². The Kier molecular flexibility index (Phi) is 4.82. The molecule has 2 N–H and O–H groups in total. The fraction of sp³-hybridized carbons (Fsp3) is 0.0769. The summed E-state index contributed by atoms with van der Waals surface area (Å²) in [4.78, 5) is 10.6. The first-order valence-electron chi connectivity index (χ1n) is 5.74. The van der Waals surface area contributed by atoms with Gasteiger partial charge in [0, 0.05) is 22.8 Å². The van der Waals surface area contributed by atoms with E-state index in [4.69, 9.17) is 28.9 Å². The number of nitrogen functional groups attached to an aromatic ring is 1. The van der Waals surface area contributed by atoms with E-state index in [9.17, 15) is 14.3 Å². The van der Waals surface area contributed by atoms with Gasteiger partial charge >= 0.3 is 0 Å². The first-order chi connectivity index (χ1) is 9.88. The molecule has 0 fully saturated rings. The van der Waals surface area contributed by atoms with Gasteiger partial charge in [0.25, 0.3) is 5.69 Å². The first-order valence-corrected chi connectivity index (χ1v) is 7.82. The number of hydrogen-bond acceptors (Lipinski definition) is 4. The van der Waals surface area contributed by atoms with Gasteiger partial charge in [0.05, 0.1) is 31.4 Å². The van der Waals surface area contributed by atoms with E-state index < -0.39 is 15.7 Å². The highest BCUT2D eigenvalue weighted by molar-refractivity contribution is 7.84. The maximum atomic E-state index is 12.3. The number of nitrogens with two attached hydrogens (primary N) is 1. The van der Waals surface area contributed by atoms with Crippen LogP contribution in [-0.4, -0.2) is 9.13 Å². The lowest BCUT2D eigenvalue weighted by molar-refractivity contribution is -0.384. The summed E-state index contributed by atoms with van der Waals surface area (Å²) in [5.41, 5.74) is 6.55. The van der Waals surface area contributed by atoms with Crippen molar-refractivity contribution in [1.29, 1.82) is 0 Å². The summed E-state index contributed by atoms with van der Waals surface area (Å²) in [5, 5.41) is 11.3. The maximum Gasteiger partial charge on any atom is 0.270 e. The Morgan fingerprint density at radius 3 is 2.48 bits per heavy atom. The van der Waals surface area contributed by atoms with Crippen LogP contribution in [0.2, 0.25) is 10.0 Å². The standard InChI is InChI=1S/C13H10Cl2N2O3S/c14-9-2-4-13(12(16)5-9)21(20)7-8-1-3-10(17(18)19)6-11(8)15/h1-6H,7,16H2. The van der Waals surface area contributed by atoms with Gasteiger partial charge in [0.2, 0.25) is 0 Å². The van der Waals surface area contributed by atoms with E-state index in [1.165, 1.54) is 24.3 Å². The summed E-state index contributed by atoms with van der Waals surface area (Å²) in [5.74, 6) is 0.114. The molecule has 0 saturated heterocycles. The smallest absolute Gasteiger partial charge is 0.270 e. The minimum atomic E-state index is -1.42. The number of hydrogen-bond donors (Lipinski definition) is 1. The lowest BCUT2D eigenvalue weighted by Gasteiger charge is -2.07. The molecule has 0 heterocycles. The molecular formula is C13H10Cl2N2O3S. The highest BCUT2D eigenvalue weighted by Crippen LogP contribution is 2.27. The molecule has 5 nitrogen and oxygen atoms in total. The lowest BCUT2D eigenvalue weighted by Crippen LogP contribution is -2.01. The second kappa shape index (κ2) is 6.43. The molecule has 0 aromatic heterocycles. The molecule has 8 heteroatoms. The molecule has 0 radical (unpaired) electrons. The maximum absolute atomic E-state index is 12.3. The molecule has 2 aromatic rings. The molecule has 0 spiro atoms. The summed E-state index contributed by atoms with van der Waals surface area (Å²) in [7, 11) is -1.42. The minimum Gasteiger partial charge on any atom is -0.398 e. The fourth-order valence-corrected chi connectivity index (χ4v) is 3.45. The highest BCUT2D eigenvalue weighted by Gasteiger charge is 2.14. The average Bonchev–Trinajstić information content (AvgIpc) is 2.40. The Hall–Kier alpha value is -1.63. The molecule has 1 atom stereocenters. The summed E-state index contributed by atoms with van der Waals surface area (Å²) in [6.45, 7) is 0. The number of rotatable bonds is 4. The van der Waals surface area contributed by atoms with Gasteiger partial charge in [-0.2, -0.15) is 0 Å². The Balaban J connectivity index is 2.25. The quantitative estimate of drug-likeness (QED) is 0.519. The Morgan fingerprint density at radius 1 is 1.19 bits per heavy atom. The van der Waals surface area contributed by atoms with E-state index >= 15 is 0 Å². The zero-order valence-corrected chi connectivity index (χ0v) is 12.9. The Labute approximate surface area is 133 Å². The average molecular weight is 345 g/mol. The van der Waals surface area contributed by atoms with Crippen molar-refractivity contribution in [3.8, 4) is 0 Å². The van der Waals surface area contributed by atoms with Crippen LogP contribution in [0.15, 0.2) is 41.3 Å². The SMILES string of the molecule is Nc1cc(Cl)ccc1S(=O)Cc1ccc([N+](=O)[O-])cc1Cl. The van der Waals surface area contributed by atoms with Crippen LogP contribution in [0.3, 0.4) is 0 Å². The highest BCUT2D eigenvalue weighted by atomic mass is 35.5. The number of nitro groups is 1. The molecule has 21 heavy (non-hydrogen) atoms. The van der Waals surface area contributed by atoms with Gasteiger partial charge in [-0.05, 0) is 29.8 Å². The Bertz CT molecular complexity index is 737. The van der Waals surface area contributed by atoms with Crippen LogP contribution in [0, 0.1) is 10.1 Å². The number of benzene rings is 2. The van der Waals surface area contributed by atoms with Crippen LogP contribution in [0.25, 0.3) is 0 Å². The Morgan fingerprint density at radius 2 is 1.90 bits per heavy atom. The van der Waals surface area contributed by atoms with E-state index in [-0.39, 0.29) is 16.5 Å². The van der Waals surface area contributed by atoms with Crippen molar-refractivity contribution in [2.75, 3.05) is 5.73 Å². The van der Waals surface area contributed by atoms with Crippen LogP contribution in [-0.2, 0) is 16.6 Å². The van der Waals surface area contributed by atoms with Crippen LogP contribution >= 0.6 is 23.2 Å². The van der Waals surface area contributed by atoms with Crippen LogP contribution in [0.4, 0.5) is 11.4 Å². The van der Waals surface area contributed by atoms with Gasteiger partial charge in [-0.1, -0.05) is 23.2 Å². The third-order valence-electron chi connectivity index (χ3n) is 2.75. The van der Waals surface area contributed by atoms with E-state index in [0.29, 0.717) is 21.2 Å². The lowest BCUT2D eigenvalue weighted by atomic mass is 10.2. The monoisotopic (exact) mass is 344 g/mol. The van der Waals surface area contributed by atoms with Crippen LogP contribution in [0.1, 0.15) is 5.56 Å².